The van der Waals surface area contributed by atoms with Gasteiger partial charge < -0.3 is 19.5 Å². The van der Waals surface area contributed by atoms with E-state index >= 15 is 0 Å². The number of fused-ring (bicyclic) bond motifs is 2. The molecule has 156 valence electrons. The van der Waals surface area contributed by atoms with Gasteiger partial charge in [-0.3, -0.25) is 4.79 Å². The van der Waals surface area contributed by atoms with E-state index in [-0.39, 0.29) is 13.0 Å². The summed E-state index contributed by atoms with van der Waals surface area (Å²) in [5.74, 6) is 0.996. The Labute approximate surface area is 166 Å². The van der Waals surface area contributed by atoms with Crippen molar-refractivity contribution < 1.29 is 22.7 Å². The summed E-state index contributed by atoms with van der Waals surface area (Å²) in [6.07, 6.45) is -0.159. The Balaban J connectivity index is 1.39. The molecule has 9 heteroatoms. The first-order valence-electron chi connectivity index (χ1n) is 9.76. The van der Waals surface area contributed by atoms with Crippen LogP contribution in [0.25, 0.3) is 0 Å². The molecule has 0 saturated heterocycles. The minimum absolute atomic E-state index is 0.0513. The summed E-state index contributed by atoms with van der Waals surface area (Å²) in [6.45, 7) is 1.02. The molecule has 0 spiro atoms. The summed E-state index contributed by atoms with van der Waals surface area (Å²) in [7, 11) is 0. The number of alkyl halides is 3. The first-order chi connectivity index (χ1) is 13.9. The number of nitrogens with zero attached hydrogens (tertiary/aromatic N) is 3. The molecule has 1 aromatic carbocycles. The predicted molar refractivity (Wildman–Crippen MR) is 101 cm³/mol. The molecule has 0 saturated carbocycles. The van der Waals surface area contributed by atoms with Crippen molar-refractivity contribution in [3.8, 4) is 5.75 Å². The van der Waals surface area contributed by atoms with Crippen LogP contribution in [0.3, 0.4) is 0 Å². The number of hydrogen-bond donors (Lipinski definition) is 1. The molecular weight excluding hydrogens is 385 g/mol. The number of imidazole rings is 1. The van der Waals surface area contributed by atoms with Crippen molar-refractivity contribution >= 4 is 11.9 Å². The molecular formula is C20H23F3N4O2. The lowest BCUT2D eigenvalue weighted by atomic mass is 10.0. The van der Waals surface area contributed by atoms with Crippen molar-refractivity contribution in [2.24, 2.45) is 0 Å². The normalized spacial score (nSPS) is 16.7. The van der Waals surface area contributed by atoms with Crippen LogP contribution in [-0.4, -0.2) is 46.2 Å². The zero-order valence-electron chi connectivity index (χ0n) is 16.0. The summed E-state index contributed by atoms with van der Waals surface area (Å²) >= 11 is 0. The van der Waals surface area contributed by atoms with E-state index in [9.17, 15) is 18.0 Å². The van der Waals surface area contributed by atoms with E-state index in [4.69, 9.17) is 4.74 Å². The molecule has 0 bridgehead atoms. The van der Waals surface area contributed by atoms with Crippen LogP contribution in [0, 0.1) is 0 Å². The smallest absolute Gasteiger partial charge is 0.406 e. The number of halogens is 3. The van der Waals surface area contributed by atoms with Crippen LogP contribution < -0.4 is 10.1 Å². The summed E-state index contributed by atoms with van der Waals surface area (Å²) in [6, 6.07) is 5.40. The summed E-state index contributed by atoms with van der Waals surface area (Å²) in [5.41, 5.74) is 2.54. The van der Waals surface area contributed by atoms with E-state index in [0.717, 1.165) is 41.6 Å². The molecule has 6 nitrogen and oxygen atoms in total. The lowest BCUT2D eigenvalue weighted by molar-refractivity contribution is -0.162. The average molecular weight is 408 g/mol. The molecule has 4 rings (SSSR count). The van der Waals surface area contributed by atoms with Crippen LogP contribution in [0.2, 0.25) is 0 Å². The quantitative estimate of drug-likeness (QED) is 0.826. The maximum absolute atomic E-state index is 12.8. The average Bonchev–Trinajstić information content (AvgIpc) is 3.01. The molecule has 29 heavy (non-hydrogen) atoms. The third kappa shape index (κ3) is 4.83. The molecule has 1 amide bonds. The third-order valence-electron chi connectivity index (χ3n) is 5.18. The summed E-state index contributed by atoms with van der Waals surface area (Å²) in [5, 5.41) is 3.25. The van der Waals surface area contributed by atoms with Gasteiger partial charge in [-0.1, -0.05) is 6.07 Å². The zero-order chi connectivity index (χ0) is 20.4. The number of rotatable bonds is 5. The van der Waals surface area contributed by atoms with Gasteiger partial charge in [0.05, 0.1) is 12.3 Å². The van der Waals surface area contributed by atoms with E-state index in [1.165, 1.54) is 0 Å². The highest BCUT2D eigenvalue weighted by Crippen LogP contribution is 2.27. The van der Waals surface area contributed by atoms with Gasteiger partial charge in [0.25, 0.3) is 0 Å². The predicted octanol–water partition coefficient (Wildman–Crippen LogP) is 3.16. The second kappa shape index (κ2) is 7.96. The van der Waals surface area contributed by atoms with Crippen molar-refractivity contribution in [2.45, 2.75) is 44.9 Å². The molecule has 2 aliphatic rings. The highest BCUT2D eigenvalue weighted by atomic mass is 19.4. The standard InChI is InChI=1S/C20H23F3N4O2/c21-20(22,23)13-27-11-15-10-17(4-2-14(15)3-5-18(27)28)29-9-6-16-12-26-8-1-7-24-19(26)25-16/h2,4,10,12H,1,3,5-9,11,13H2,(H,24,25). The van der Waals surface area contributed by atoms with Crippen molar-refractivity contribution in [2.75, 3.05) is 25.0 Å². The monoisotopic (exact) mass is 408 g/mol. The molecule has 2 aliphatic heterocycles. The van der Waals surface area contributed by atoms with Crippen LogP contribution in [-0.2, 0) is 30.7 Å². The lowest BCUT2D eigenvalue weighted by Crippen LogP contribution is -2.37. The number of aromatic nitrogens is 2. The van der Waals surface area contributed by atoms with E-state index in [1.807, 2.05) is 18.3 Å². The fraction of sp³-hybridized carbons (Fsp3) is 0.500. The van der Waals surface area contributed by atoms with Gasteiger partial charge in [-0.05, 0) is 36.1 Å². The number of carbonyl (C=O) groups excluding carboxylic acids is 1. The van der Waals surface area contributed by atoms with Crippen LogP contribution in [0.4, 0.5) is 19.1 Å². The number of benzene rings is 1. The number of aryl methyl sites for hydroxylation is 2. The van der Waals surface area contributed by atoms with E-state index in [2.05, 4.69) is 14.9 Å². The van der Waals surface area contributed by atoms with E-state index in [0.29, 0.717) is 30.8 Å². The van der Waals surface area contributed by atoms with Crippen LogP contribution >= 0.6 is 0 Å². The van der Waals surface area contributed by atoms with Crippen molar-refractivity contribution in [1.82, 2.24) is 14.5 Å². The second-order valence-electron chi connectivity index (χ2n) is 7.42. The fourth-order valence-electron chi connectivity index (χ4n) is 3.76. The number of carbonyl (C=O) groups is 1. The van der Waals surface area contributed by atoms with Gasteiger partial charge in [-0.2, -0.15) is 13.2 Å². The summed E-state index contributed by atoms with van der Waals surface area (Å²) in [4.78, 5) is 17.4. The Morgan fingerprint density at radius 2 is 2.07 bits per heavy atom. The number of hydrogen-bond acceptors (Lipinski definition) is 4. The Morgan fingerprint density at radius 3 is 2.86 bits per heavy atom. The van der Waals surface area contributed by atoms with Crippen molar-refractivity contribution in [3.63, 3.8) is 0 Å². The molecule has 0 radical (unpaired) electrons. The number of nitrogens with one attached hydrogen (secondary N) is 1. The van der Waals surface area contributed by atoms with E-state index < -0.39 is 18.6 Å². The van der Waals surface area contributed by atoms with Gasteiger partial charge in [0.2, 0.25) is 11.9 Å². The highest BCUT2D eigenvalue weighted by Gasteiger charge is 2.34. The second-order valence-corrected chi connectivity index (χ2v) is 7.42. The van der Waals surface area contributed by atoms with Gasteiger partial charge in [-0.15, -0.1) is 0 Å². The van der Waals surface area contributed by atoms with Gasteiger partial charge in [0.1, 0.15) is 12.3 Å². The SMILES string of the molecule is O=C1CCc2ccc(OCCc3cn4c(n3)NCCC4)cc2CN1CC(F)(F)F. The molecule has 0 atom stereocenters. The van der Waals surface area contributed by atoms with Crippen molar-refractivity contribution in [3.05, 3.63) is 41.2 Å². The molecule has 2 aromatic rings. The van der Waals surface area contributed by atoms with Gasteiger partial charge in [0.15, 0.2) is 0 Å². The Kier molecular flexibility index (Phi) is 5.38. The number of amides is 1. The molecule has 3 heterocycles. The number of ether oxygens (including phenoxy) is 1. The first-order valence-corrected chi connectivity index (χ1v) is 9.76. The maximum atomic E-state index is 12.8. The van der Waals surface area contributed by atoms with Crippen molar-refractivity contribution in [1.29, 1.82) is 0 Å². The Bertz CT molecular complexity index is 871. The van der Waals surface area contributed by atoms with Gasteiger partial charge in [-0.25, -0.2) is 4.98 Å². The third-order valence-corrected chi connectivity index (χ3v) is 5.18. The van der Waals surface area contributed by atoms with Gasteiger partial charge >= 0.3 is 6.18 Å². The fourth-order valence-corrected chi connectivity index (χ4v) is 3.76. The molecule has 0 fully saturated rings. The lowest BCUT2D eigenvalue weighted by Gasteiger charge is -2.22. The number of anilines is 1. The largest absolute Gasteiger partial charge is 0.493 e. The Hall–Kier alpha value is -2.71. The van der Waals surface area contributed by atoms with Crippen LogP contribution in [0.5, 0.6) is 5.75 Å². The summed E-state index contributed by atoms with van der Waals surface area (Å²) < 4.78 is 46.3. The van der Waals surface area contributed by atoms with Gasteiger partial charge in [0, 0.05) is 38.7 Å². The molecule has 1 N–H and O–H groups in total. The van der Waals surface area contributed by atoms with Crippen LogP contribution in [0.15, 0.2) is 24.4 Å². The van der Waals surface area contributed by atoms with E-state index in [1.54, 1.807) is 6.07 Å². The molecule has 0 aliphatic carbocycles. The maximum Gasteiger partial charge on any atom is 0.406 e. The topological polar surface area (TPSA) is 59.4 Å². The zero-order valence-corrected chi connectivity index (χ0v) is 16.0. The Morgan fingerprint density at radius 1 is 1.21 bits per heavy atom. The molecule has 0 unspecified atom stereocenters. The van der Waals surface area contributed by atoms with Crippen LogP contribution in [0.1, 0.15) is 29.7 Å². The minimum atomic E-state index is -4.41. The molecule has 1 aromatic heterocycles. The highest BCUT2D eigenvalue weighted by molar-refractivity contribution is 5.77. The first kappa shape index (κ1) is 19.6. The minimum Gasteiger partial charge on any atom is -0.493 e.